The fourth-order valence-electron chi connectivity index (χ4n) is 4.49. The van der Waals surface area contributed by atoms with Crippen LogP contribution in [0.2, 0.25) is 0 Å². The van der Waals surface area contributed by atoms with Crippen molar-refractivity contribution in [3.05, 3.63) is 93.6 Å². The summed E-state index contributed by atoms with van der Waals surface area (Å²) in [6.45, 7) is 1.78. The first kappa shape index (κ1) is 23.9. The van der Waals surface area contributed by atoms with Gasteiger partial charge < -0.3 is 21.5 Å². The molecule has 0 radical (unpaired) electrons. The number of nitrogen functional groups attached to an aromatic ring is 1. The first-order valence-corrected chi connectivity index (χ1v) is 11.6. The number of nitrogens with zero attached hydrogens (tertiary/aromatic N) is 3. The number of hydrogen-bond acceptors (Lipinski definition) is 6. The largest absolute Gasteiger partial charge is 0.478 e. The number of aryl methyl sites for hydroxylation is 2. The molecule has 1 atom stereocenters. The summed E-state index contributed by atoms with van der Waals surface area (Å²) in [7, 11) is 0. The van der Waals surface area contributed by atoms with E-state index >= 15 is 0 Å². The van der Waals surface area contributed by atoms with Gasteiger partial charge in [0, 0.05) is 18.7 Å². The molecule has 5 N–H and O–H groups in total. The number of benzene rings is 2. The first-order chi connectivity index (χ1) is 17.7. The molecule has 0 unspecified atom stereocenters. The van der Waals surface area contributed by atoms with Gasteiger partial charge in [0.2, 0.25) is 0 Å². The molecule has 11 heteroatoms. The monoisotopic (exact) mass is 502 g/mol. The molecule has 37 heavy (non-hydrogen) atoms. The molecule has 0 saturated carbocycles. The van der Waals surface area contributed by atoms with Crippen LogP contribution in [-0.2, 0) is 13.0 Å². The molecule has 2 aromatic carbocycles. The maximum absolute atomic E-state index is 13.6. The normalized spacial score (nSPS) is 14.4. The van der Waals surface area contributed by atoms with Crippen LogP contribution in [0.1, 0.15) is 66.1 Å². The van der Waals surface area contributed by atoms with Crippen LogP contribution >= 0.6 is 0 Å². The van der Waals surface area contributed by atoms with Crippen molar-refractivity contribution >= 4 is 29.2 Å². The Kier molecular flexibility index (Phi) is 6.04. The number of anilines is 1. The number of halogens is 1. The lowest BCUT2D eigenvalue weighted by atomic mass is 10.0. The summed E-state index contributed by atoms with van der Waals surface area (Å²) >= 11 is 0. The second-order valence-electron chi connectivity index (χ2n) is 8.92. The Balaban J connectivity index is 1.38. The highest BCUT2D eigenvalue weighted by atomic mass is 19.1. The van der Waals surface area contributed by atoms with Crippen LogP contribution in [0.5, 0.6) is 0 Å². The molecule has 188 valence electrons. The molecule has 0 fully saturated rings. The maximum atomic E-state index is 13.6. The van der Waals surface area contributed by atoms with Crippen LogP contribution in [-0.4, -0.2) is 37.5 Å². The SMILES string of the molecule is Cc1cc(CNC(=O)c2cc(C(=O)N[C@H]3CCc4cc(C(=O)O)ccc43)nc3cc(N)nn23)ccc1F. The van der Waals surface area contributed by atoms with Crippen molar-refractivity contribution in [1.82, 2.24) is 25.2 Å². The van der Waals surface area contributed by atoms with Crippen molar-refractivity contribution in [2.24, 2.45) is 0 Å². The average Bonchev–Trinajstić information content (AvgIpc) is 3.45. The van der Waals surface area contributed by atoms with Crippen molar-refractivity contribution in [1.29, 1.82) is 0 Å². The average molecular weight is 503 g/mol. The summed E-state index contributed by atoms with van der Waals surface area (Å²) < 4.78 is 14.8. The highest BCUT2D eigenvalue weighted by molar-refractivity contribution is 5.98. The van der Waals surface area contributed by atoms with Crippen molar-refractivity contribution in [3.63, 3.8) is 0 Å². The fourth-order valence-corrected chi connectivity index (χ4v) is 4.49. The minimum absolute atomic E-state index is 0.00535. The minimum atomic E-state index is -1.01. The van der Waals surface area contributed by atoms with E-state index in [2.05, 4.69) is 20.7 Å². The quantitative estimate of drug-likeness (QED) is 0.316. The van der Waals surface area contributed by atoms with Crippen molar-refractivity contribution in [2.75, 3.05) is 5.73 Å². The van der Waals surface area contributed by atoms with Gasteiger partial charge >= 0.3 is 5.97 Å². The molecule has 0 spiro atoms. The third-order valence-electron chi connectivity index (χ3n) is 6.36. The number of aromatic carboxylic acids is 1. The number of aromatic nitrogens is 3. The summed E-state index contributed by atoms with van der Waals surface area (Å²) in [5.74, 6) is -2.22. The van der Waals surface area contributed by atoms with Gasteiger partial charge in [-0.1, -0.05) is 18.2 Å². The van der Waals surface area contributed by atoms with E-state index in [0.717, 1.165) is 11.1 Å². The molecule has 2 aromatic heterocycles. The highest BCUT2D eigenvalue weighted by Crippen LogP contribution is 2.32. The number of nitrogens with two attached hydrogens (primary N) is 1. The lowest BCUT2D eigenvalue weighted by Crippen LogP contribution is -2.30. The van der Waals surface area contributed by atoms with Crippen molar-refractivity contribution in [2.45, 2.75) is 32.4 Å². The number of carboxylic acids is 1. The molecule has 2 heterocycles. The Morgan fingerprint density at radius 2 is 1.95 bits per heavy atom. The second kappa shape index (κ2) is 9.34. The smallest absolute Gasteiger partial charge is 0.335 e. The number of rotatable bonds is 6. The molecule has 0 aliphatic heterocycles. The van der Waals surface area contributed by atoms with E-state index in [-0.39, 0.29) is 46.8 Å². The number of amides is 2. The summed E-state index contributed by atoms with van der Waals surface area (Å²) in [4.78, 5) is 41.8. The standard InChI is InChI=1S/C26H23FN6O4/c1-13-8-14(2-6-18(13)27)12-29-25(35)21-10-20(30-23-11-22(28)32-33(21)23)24(34)31-19-7-4-15-9-16(26(36)37)3-5-17(15)19/h2-3,5-6,8-11,19H,4,7,12H2,1H3,(H2,28,32)(H,29,35)(H,31,34)(H,36,37)/t19-/m0/s1. The van der Waals surface area contributed by atoms with Gasteiger partial charge in [0.05, 0.1) is 11.6 Å². The zero-order chi connectivity index (χ0) is 26.3. The van der Waals surface area contributed by atoms with E-state index in [9.17, 15) is 23.9 Å². The molecule has 0 saturated heterocycles. The molecule has 2 amide bonds. The van der Waals surface area contributed by atoms with E-state index < -0.39 is 17.8 Å². The van der Waals surface area contributed by atoms with Crippen LogP contribution in [0.3, 0.4) is 0 Å². The van der Waals surface area contributed by atoms with Crippen molar-refractivity contribution < 1.29 is 23.9 Å². The lowest BCUT2D eigenvalue weighted by Gasteiger charge is -2.15. The first-order valence-electron chi connectivity index (χ1n) is 11.6. The predicted molar refractivity (Wildman–Crippen MR) is 132 cm³/mol. The van der Waals surface area contributed by atoms with E-state index in [1.807, 2.05) is 0 Å². The van der Waals surface area contributed by atoms with E-state index in [1.54, 1.807) is 31.2 Å². The molecule has 0 bridgehead atoms. The summed E-state index contributed by atoms with van der Waals surface area (Å²) in [5.41, 5.74) is 9.20. The van der Waals surface area contributed by atoms with Gasteiger partial charge in [-0.2, -0.15) is 0 Å². The summed E-state index contributed by atoms with van der Waals surface area (Å²) in [5, 5.41) is 19.0. The molecule has 10 nitrogen and oxygen atoms in total. The van der Waals surface area contributed by atoms with Crippen LogP contribution in [0, 0.1) is 12.7 Å². The Hall–Kier alpha value is -4.80. The van der Waals surface area contributed by atoms with Gasteiger partial charge in [-0.25, -0.2) is 18.7 Å². The maximum Gasteiger partial charge on any atom is 0.335 e. The zero-order valence-electron chi connectivity index (χ0n) is 19.8. The lowest BCUT2D eigenvalue weighted by molar-refractivity contribution is 0.0696. The van der Waals surface area contributed by atoms with Gasteiger partial charge in [0.25, 0.3) is 11.8 Å². The van der Waals surface area contributed by atoms with E-state index in [0.29, 0.717) is 24.0 Å². The number of carbonyl (C=O) groups excluding carboxylic acids is 2. The van der Waals surface area contributed by atoms with Crippen LogP contribution in [0.4, 0.5) is 10.2 Å². The molecular weight excluding hydrogens is 479 g/mol. The van der Waals surface area contributed by atoms with E-state index in [4.69, 9.17) is 5.73 Å². The van der Waals surface area contributed by atoms with Crippen LogP contribution in [0.15, 0.2) is 48.5 Å². The van der Waals surface area contributed by atoms with Crippen LogP contribution in [0.25, 0.3) is 5.65 Å². The number of fused-ring (bicyclic) bond motifs is 2. The van der Waals surface area contributed by atoms with Crippen molar-refractivity contribution in [3.8, 4) is 0 Å². The van der Waals surface area contributed by atoms with Gasteiger partial charge in [0.1, 0.15) is 23.0 Å². The van der Waals surface area contributed by atoms with Gasteiger partial charge in [-0.3, -0.25) is 9.59 Å². The highest BCUT2D eigenvalue weighted by Gasteiger charge is 2.27. The molecule has 1 aliphatic rings. The Morgan fingerprint density at radius 1 is 1.14 bits per heavy atom. The predicted octanol–water partition coefficient (Wildman–Crippen LogP) is 2.80. The third-order valence-corrected chi connectivity index (χ3v) is 6.36. The Morgan fingerprint density at radius 3 is 2.70 bits per heavy atom. The number of carbonyl (C=O) groups is 3. The molecular formula is C26H23FN6O4. The van der Waals surface area contributed by atoms with E-state index in [1.165, 1.54) is 28.8 Å². The molecule has 1 aliphatic carbocycles. The number of hydrogen-bond donors (Lipinski definition) is 4. The summed E-state index contributed by atoms with van der Waals surface area (Å²) in [6.07, 6.45) is 1.24. The van der Waals surface area contributed by atoms with Crippen LogP contribution < -0.4 is 16.4 Å². The topological polar surface area (TPSA) is 152 Å². The second-order valence-corrected chi connectivity index (χ2v) is 8.92. The van der Waals surface area contributed by atoms with Gasteiger partial charge in [-0.05, 0) is 60.2 Å². The fraction of sp³-hybridized carbons (Fsp3) is 0.192. The number of nitrogens with one attached hydrogen (secondary N) is 2. The Bertz CT molecular complexity index is 1580. The Labute approximate surface area is 210 Å². The zero-order valence-corrected chi connectivity index (χ0v) is 19.8. The molecule has 5 rings (SSSR count). The van der Waals surface area contributed by atoms with Gasteiger partial charge in [0.15, 0.2) is 5.65 Å². The minimum Gasteiger partial charge on any atom is -0.478 e. The molecule has 4 aromatic rings. The third kappa shape index (κ3) is 4.70. The van der Waals surface area contributed by atoms with Gasteiger partial charge in [-0.15, -0.1) is 5.10 Å². The number of carboxylic acid groups (broad SMARTS) is 1. The summed E-state index contributed by atoms with van der Waals surface area (Å²) in [6, 6.07) is 11.9.